The van der Waals surface area contributed by atoms with E-state index in [9.17, 15) is 4.39 Å². The summed E-state index contributed by atoms with van der Waals surface area (Å²) < 4.78 is 20.3. The molecule has 0 N–H and O–H groups in total. The quantitative estimate of drug-likeness (QED) is 0.685. The zero-order chi connectivity index (χ0) is 14.7. The van der Waals surface area contributed by atoms with Crippen molar-refractivity contribution in [3.63, 3.8) is 0 Å². The fourth-order valence-electron chi connectivity index (χ4n) is 1.85. The average molecular weight is 304 g/mol. The lowest BCUT2D eigenvalue weighted by Crippen LogP contribution is -1.96. The summed E-state index contributed by atoms with van der Waals surface area (Å²) in [6.07, 6.45) is 1.55. The first kappa shape index (κ1) is 13.6. The SMILES string of the molecule is Fc1ccc(Oc2ncn(-c3ccccc3)n2)c(CCl)c1. The molecule has 4 nitrogen and oxygen atoms in total. The van der Waals surface area contributed by atoms with Gasteiger partial charge in [-0.05, 0) is 30.3 Å². The summed E-state index contributed by atoms with van der Waals surface area (Å²) in [5, 5.41) is 4.22. The number of nitrogens with zero attached hydrogens (tertiary/aromatic N) is 3. The molecule has 0 saturated heterocycles. The van der Waals surface area contributed by atoms with Gasteiger partial charge >= 0.3 is 6.01 Å². The van der Waals surface area contributed by atoms with Gasteiger partial charge < -0.3 is 4.74 Å². The number of hydrogen-bond acceptors (Lipinski definition) is 3. The van der Waals surface area contributed by atoms with Gasteiger partial charge in [0.2, 0.25) is 0 Å². The summed E-state index contributed by atoms with van der Waals surface area (Å²) >= 11 is 5.78. The highest BCUT2D eigenvalue weighted by Gasteiger charge is 2.09. The van der Waals surface area contributed by atoms with E-state index in [1.165, 1.54) is 18.2 Å². The molecule has 1 aromatic heterocycles. The minimum Gasteiger partial charge on any atom is -0.423 e. The largest absolute Gasteiger partial charge is 0.423 e. The molecule has 0 aliphatic rings. The average Bonchev–Trinajstić information content (AvgIpc) is 2.98. The van der Waals surface area contributed by atoms with Crippen molar-refractivity contribution in [3.8, 4) is 17.4 Å². The number of benzene rings is 2. The van der Waals surface area contributed by atoms with Crippen molar-refractivity contribution in [1.82, 2.24) is 14.8 Å². The van der Waals surface area contributed by atoms with Crippen LogP contribution in [0.25, 0.3) is 5.69 Å². The third-order valence-corrected chi connectivity index (χ3v) is 3.15. The molecular weight excluding hydrogens is 293 g/mol. The van der Waals surface area contributed by atoms with Crippen LogP contribution in [0.5, 0.6) is 11.8 Å². The van der Waals surface area contributed by atoms with E-state index in [2.05, 4.69) is 10.1 Å². The van der Waals surface area contributed by atoms with Gasteiger partial charge in [0.25, 0.3) is 0 Å². The highest BCUT2D eigenvalue weighted by atomic mass is 35.5. The van der Waals surface area contributed by atoms with E-state index in [-0.39, 0.29) is 17.7 Å². The maximum absolute atomic E-state index is 13.1. The van der Waals surface area contributed by atoms with Gasteiger partial charge in [0, 0.05) is 5.56 Å². The molecule has 0 fully saturated rings. The molecule has 0 spiro atoms. The molecule has 6 heteroatoms. The summed E-state index contributed by atoms with van der Waals surface area (Å²) in [6, 6.07) is 13.9. The number of alkyl halides is 1. The van der Waals surface area contributed by atoms with Gasteiger partial charge in [-0.25, -0.2) is 9.07 Å². The summed E-state index contributed by atoms with van der Waals surface area (Å²) in [4.78, 5) is 4.08. The van der Waals surface area contributed by atoms with Crippen LogP contribution >= 0.6 is 11.6 Å². The van der Waals surface area contributed by atoms with Gasteiger partial charge in [-0.15, -0.1) is 16.7 Å². The maximum Gasteiger partial charge on any atom is 0.341 e. The standard InChI is InChI=1S/C15H11ClFN3O/c16-9-11-8-12(17)6-7-14(11)21-15-18-10-20(19-15)13-4-2-1-3-5-13/h1-8,10H,9H2. The van der Waals surface area contributed by atoms with E-state index in [0.29, 0.717) is 11.3 Å². The van der Waals surface area contributed by atoms with E-state index >= 15 is 0 Å². The van der Waals surface area contributed by atoms with E-state index in [1.807, 2.05) is 30.3 Å². The Morgan fingerprint density at radius 2 is 1.95 bits per heavy atom. The summed E-state index contributed by atoms with van der Waals surface area (Å²) in [5.41, 5.74) is 1.42. The minimum absolute atomic E-state index is 0.145. The van der Waals surface area contributed by atoms with Crippen LogP contribution in [0.2, 0.25) is 0 Å². The predicted octanol–water partition coefficient (Wildman–Crippen LogP) is 3.94. The molecule has 0 bridgehead atoms. The van der Waals surface area contributed by atoms with Crippen LogP contribution in [0.1, 0.15) is 5.56 Å². The van der Waals surface area contributed by atoms with Crippen LogP contribution in [-0.2, 0) is 5.88 Å². The van der Waals surface area contributed by atoms with Crippen LogP contribution in [-0.4, -0.2) is 14.8 Å². The van der Waals surface area contributed by atoms with Crippen LogP contribution < -0.4 is 4.74 Å². The van der Waals surface area contributed by atoms with Crippen molar-refractivity contribution in [2.24, 2.45) is 0 Å². The van der Waals surface area contributed by atoms with Crippen molar-refractivity contribution < 1.29 is 9.13 Å². The summed E-state index contributed by atoms with van der Waals surface area (Å²) in [6.45, 7) is 0. The Balaban J connectivity index is 1.85. The zero-order valence-electron chi connectivity index (χ0n) is 10.9. The molecule has 2 aromatic carbocycles. The monoisotopic (exact) mass is 303 g/mol. The number of aromatic nitrogens is 3. The highest BCUT2D eigenvalue weighted by molar-refractivity contribution is 6.17. The normalized spacial score (nSPS) is 10.6. The van der Waals surface area contributed by atoms with Crippen LogP contribution in [0.3, 0.4) is 0 Å². The summed E-state index contributed by atoms with van der Waals surface area (Å²) in [5.74, 6) is 0.227. The lowest BCUT2D eigenvalue weighted by Gasteiger charge is -2.06. The second kappa shape index (κ2) is 5.93. The van der Waals surface area contributed by atoms with E-state index < -0.39 is 0 Å². The van der Waals surface area contributed by atoms with E-state index in [0.717, 1.165) is 5.69 Å². The molecule has 3 aromatic rings. The molecule has 0 atom stereocenters. The molecule has 0 radical (unpaired) electrons. The summed E-state index contributed by atoms with van der Waals surface area (Å²) in [7, 11) is 0. The number of hydrogen-bond donors (Lipinski definition) is 0. The Morgan fingerprint density at radius 3 is 2.71 bits per heavy atom. The number of ether oxygens (including phenoxy) is 1. The van der Waals surface area contributed by atoms with Crippen molar-refractivity contribution in [3.05, 3.63) is 66.2 Å². The molecule has 106 valence electrons. The zero-order valence-corrected chi connectivity index (χ0v) is 11.7. The van der Waals surface area contributed by atoms with Crippen molar-refractivity contribution >= 4 is 11.6 Å². The van der Waals surface area contributed by atoms with Crippen molar-refractivity contribution in [2.75, 3.05) is 0 Å². The topological polar surface area (TPSA) is 39.9 Å². The van der Waals surface area contributed by atoms with Gasteiger partial charge in [-0.2, -0.15) is 4.98 Å². The highest BCUT2D eigenvalue weighted by Crippen LogP contribution is 2.25. The predicted molar refractivity (Wildman–Crippen MR) is 77.4 cm³/mol. The second-order valence-corrected chi connectivity index (χ2v) is 4.56. The van der Waals surface area contributed by atoms with Crippen LogP contribution in [0.4, 0.5) is 4.39 Å². The van der Waals surface area contributed by atoms with Gasteiger partial charge in [0.1, 0.15) is 17.9 Å². The molecule has 21 heavy (non-hydrogen) atoms. The molecule has 0 amide bonds. The van der Waals surface area contributed by atoms with E-state index in [1.54, 1.807) is 11.0 Å². The van der Waals surface area contributed by atoms with Crippen molar-refractivity contribution in [1.29, 1.82) is 0 Å². The van der Waals surface area contributed by atoms with Crippen molar-refractivity contribution in [2.45, 2.75) is 5.88 Å². The second-order valence-electron chi connectivity index (χ2n) is 4.29. The number of para-hydroxylation sites is 1. The Hall–Kier alpha value is -2.40. The molecule has 3 rings (SSSR count). The lowest BCUT2D eigenvalue weighted by molar-refractivity contribution is 0.436. The maximum atomic E-state index is 13.1. The smallest absolute Gasteiger partial charge is 0.341 e. The first-order chi connectivity index (χ1) is 10.3. The van der Waals surface area contributed by atoms with Gasteiger partial charge in [-0.1, -0.05) is 18.2 Å². The number of halogens is 2. The van der Waals surface area contributed by atoms with Gasteiger partial charge in [0.15, 0.2) is 0 Å². The van der Waals surface area contributed by atoms with E-state index in [4.69, 9.17) is 16.3 Å². The molecule has 0 aliphatic carbocycles. The third-order valence-electron chi connectivity index (χ3n) is 2.86. The fraction of sp³-hybridized carbons (Fsp3) is 0.0667. The third kappa shape index (κ3) is 3.03. The molecular formula is C15H11ClFN3O. The van der Waals surface area contributed by atoms with Crippen LogP contribution in [0.15, 0.2) is 54.9 Å². The Kier molecular flexibility index (Phi) is 3.83. The first-order valence-corrected chi connectivity index (χ1v) is 6.79. The lowest BCUT2D eigenvalue weighted by atomic mass is 10.2. The Morgan fingerprint density at radius 1 is 1.14 bits per heavy atom. The Bertz CT molecular complexity index is 746. The van der Waals surface area contributed by atoms with Gasteiger partial charge in [0.05, 0.1) is 11.6 Å². The van der Waals surface area contributed by atoms with Crippen LogP contribution in [0, 0.1) is 5.82 Å². The van der Waals surface area contributed by atoms with Gasteiger partial charge in [-0.3, -0.25) is 0 Å². The number of rotatable bonds is 4. The Labute approximate surface area is 125 Å². The molecule has 0 aliphatic heterocycles. The molecule has 1 heterocycles. The molecule has 0 unspecified atom stereocenters. The minimum atomic E-state index is -0.360. The molecule has 0 saturated carbocycles. The first-order valence-electron chi connectivity index (χ1n) is 6.25. The fourth-order valence-corrected chi connectivity index (χ4v) is 2.06.